The summed E-state index contributed by atoms with van der Waals surface area (Å²) in [5.74, 6) is 0. The molecule has 0 fully saturated rings. The molecule has 5 nitrogen and oxygen atoms in total. The zero-order valence-corrected chi connectivity index (χ0v) is 24.0. The lowest BCUT2D eigenvalue weighted by Gasteiger charge is -2.14. The number of benzene rings is 1. The molecule has 0 radical (unpaired) electrons. The standard InChI is InChI=1S/C37H33N5/c1-5-28(23-26(2)31-17-11-19-35(41-31)33-15-6-8-21-39-33)29-13-10-14-30(25-29)37(38-4)24-27(3)32-18-12-20-36(42-32)34-16-7-9-22-40-34/h5-22,25H,2-3,23-24H2,1,4H3/b28-5+,38-37+. The second kappa shape index (κ2) is 13.4. The molecule has 206 valence electrons. The van der Waals surface area contributed by atoms with Crippen molar-refractivity contribution in [3.63, 3.8) is 0 Å². The molecule has 1 aromatic carbocycles. The fraction of sp³-hybridized carbons (Fsp3) is 0.108. The minimum Gasteiger partial charge on any atom is -0.292 e. The van der Waals surface area contributed by atoms with Crippen LogP contribution in [0.2, 0.25) is 0 Å². The molecule has 0 saturated heterocycles. The highest BCUT2D eigenvalue weighted by atomic mass is 14.8. The number of nitrogens with zero attached hydrogens (tertiary/aromatic N) is 5. The van der Waals surface area contributed by atoms with Crippen molar-refractivity contribution in [1.82, 2.24) is 19.9 Å². The molecule has 0 bridgehead atoms. The summed E-state index contributed by atoms with van der Waals surface area (Å²) in [6.45, 7) is 10.8. The second-order valence-corrected chi connectivity index (χ2v) is 9.87. The SMILES string of the molecule is C=C(C/C(=C\C)c1cccc(/C(CC(=C)c2cccc(-c3ccccn3)n2)=N/C)c1)c1cccc(-c2ccccn2)n1. The first-order chi connectivity index (χ1) is 20.6. The Morgan fingerprint density at radius 1 is 0.643 bits per heavy atom. The van der Waals surface area contributed by atoms with Crippen LogP contribution in [-0.4, -0.2) is 32.7 Å². The van der Waals surface area contributed by atoms with E-state index in [1.54, 1.807) is 12.4 Å². The third kappa shape index (κ3) is 6.70. The normalized spacial score (nSPS) is 11.8. The van der Waals surface area contributed by atoms with E-state index in [1.807, 2.05) is 79.8 Å². The van der Waals surface area contributed by atoms with E-state index in [-0.39, 0.29) is 0 Å². The van der Waals surface area contributed by atoms with Crippen molar-refractivity contribution >= 4 is 22.4 Å². The molecule has 0 atom stereocenters. The summed E-state index contributed by atoms with van der Waals surface area (Å²) in [6, 6.07) is 32.1. The molecule has 0 amide bonds. The van der Waals surface area contributed by atoms with Crippen LogP contribution in [0.25, 0.3) is 39.5 Å². The predicted molar refractivity (Wildman–Crippen MR) is 175 cm³/mol. The van der Waals surface area contributed by atoms with Crippen LogP contribution in [0.3, 0.4) is 0 Å². The van der Waals surface area contributed by atoms with Gasteiger partial charge in [-0.1, -0.05) is 61.7 Å². The molecule has 42 heavy (non-hydrogen) atoms. The Balaban J connectivity index is 1.32. The molecule has 5 heteroatoms. The molecule has 5 rings (SSSR count). The van der Waals surface area contributed by atoms with Gasteiger partial charge in [0.25, 0.3) is 0 Å². The zero-order chi connectivity index (χ0) is 29.3. The lowest BCUT2D eigenvalue weighted by Crippen LogP contribution is -2.04. The molecule has 0 aliphatic carbocycles. The lowest BCUT2D eigenvalue weighted by atomic mass is 9.93. The Kier molecular flexibility index (Phi) is 9.00. The molecule has 5 aromatic rings. The van der Waals surface area contributed by atoms with Crippen molar-refractivity contribution in [2.24, 2.45) is 4.99 Å². The van der Waals surface area contributed by atoms with Gasteiger partial charge in [-0.05, 0) is 95.8 Å². The molecule has 0 N–H and O–H groups in total. The van der Waals surface area contributed by atoms with Crippen molar-refractivity contribution in [3.8, 4) is 22.8 Å². The second-order valence-electron chi connectivity index (χ2n) is 9.87. The molecule has 0 saturated carbocycles. The average Bonchev–Trinajstić information content (AvgIpc) is 3.06. The minimum absolute atomic E-state index is 0.584. The van der Waals surface area contributed by atoms with Gasteiger partial charge in [-0.2, -0.15) is 0 Å². The monoisotopic (exact) mass is 547 g/mol. The predicted octanol–water partition coefficient (Wildman–Crippen LogP) is 8.63. The maximum atomic E-state index is 4.84. The highest BCUT2D eigenvalue weighted by molar-refractivity contribution is 6.06. The highest BCUT2D eigenvalue weighted by Gasteiger charge is 2.13. The molecular weight excluding hydrogens is 514 g/mol. The number of hydrogen-bond donors (Lipinski definition) is 0. The third-order valence-electron chi connectivity index (χ3n) is 7.05. The molecule has 4 aromatic heterocycles. The van der Waals surface area contributed by atoms with Gasteiger partial charge >= 0.3 is 0 Å². The van der Waals surface area contributed by atoms with Crippen LogP contribution in [0.15, 0.2) is 134 Å². The summed E-state index contributed by atoms with van der Waals surface area (Å²) >= 11 is 0. The number of rotatable bonds is 10. The summed E-state index contributed by atoms with van der Waals surface area (Å²) in [7, 11) is 1.83. The van der Waals surface area contributed by atoms with E-state index >= 15 is 0 Å². The fourth-order valence-corrected chi connectivity index (χ4v) is 4.77. The number of hydrogen-bond acceptors (Lipinski definition) is 5. The molecular formula is C37H33N5. The van der Waals surface area contributed by atoms with Crippen LogP contribution in [0.5, 0.6) is 0 Å². The molecule has 0 aliphatic rings. The van der Waals surface area contributed by atoms with E-state index in [0.717, 1.165) is 62.1 Å². The van der Waals surface area contributed by atoms with Gasteiger partial charge in [0.2, 0.25) is 0 Å². The Morgan fingerprint density at radius 2 is 1.17 bits per heavy atom. The van der Waals surface area contributed by atoms with E-state index in [4.69, 9.17) is 9.97 Å². The van der Waals surface area contributed by atoms with Crippen LogP contribution in [0.4, 0.5) is 0 Å². The first-order valence-electron chi connectivity index (χ1n) is 13.9. The van der Waals surface area contributed by atoms with Gasteiger partial charge in [0.1, 0.15) is 0 Å². The number of allylic oxidation sites excluding steroid dienone is 4. The number of aromatic nitrogens is 4. The van der Waals surface area contributed by atoms with Crippen LogP contribution in [0.1, 0.15) is 42.3 Å². The summed E-state index contributed by atoms with van der Waals surface area (Å²) in [6.07, 6.45) is 6.95. The summed E-state index contributed by atoms with van der Waals surface area (Å²) < 4.78 is 0. The van der Waals surface area contributed by atoms with Crippen molar-refractivity contribution < 1.29 is 0 Å². The third-order valence-corrected chi connectivity index (χ3v) is 7.05. The molecule has 4 heterocycles. The van der Waals surface area contributed by atoms with E-state index in [0.29, 0.717) is 12.8 Å². The van der Waals surface area contributed by atoms with Gasteiger partial charge in [0.15, 0.2) is 0 Å². The molecule has 0 unspecified atom stereocenters. The zero-order valence-electron chi connectivity index (χ0n) is 24.0. The maximum Gasteiger partial charge on any atom is 0.0893 e. The van der Waals surface area contributed by atoms with E-state index in [2.05, 4.69) is 65.4 Å². The largest absolute Gasteiger partial charge is 0.292 e. The van der Waals surface area contributed by atoms with E-state index in [9.17, 15) is 0 Å². The first kappa shape index (κ1) is 28.2. The lowest BCUT2D eigenvalue weighted by molar-refractivity contribution is 1.20. The van der Waals surface area contributed by atoms with Crippen LogP contribution >= 0.6 is 0 Å². The Hall–Kier alpha value is -5.29. The quantitative estimate of drug-likeness (QED) is 0.164. The van der Waals surface area contributed by atoms with Crippen molar-refractivity contribution in [1.29, 1.82) is 0 Å². The smallest absolute Gasteiger partial charge is 0.0893 e. The maximum absolute atomic E-state index is 4.84. The van der Waals surface area contributed by atoms with Gasteiger partial charge in [0.05, 0.1) is 34.2 Å². The van der Waals surface area contributed by atoms with Crippen molar-refractivity contribution in [3.05, 3.63) is 151 Å². The average molecular weight is 548 g/mol. The molecule has 0 spiro atoms. The van der Waals surface area contributed by atoms with Gasteiger partial charge in [-0.15, -0.1) is 0 Å². The van der Waals surface area contributed by atoms with Gasteiger partial charge < -0.3 is 0 Å². The summed E-state index contributed by atoms with van der Waals surface area (Å²) in [5.41, 5.74) is 11.2. The van der Waals surface area contributed by atoms with E-state index in [1.165, 1.54) is 5.57 Å². The van der Waals surface area contributed by atoms with Gasteiger partial charge in [-0.25, -0.2) is 9.97 Å². The topological polar surface area (TPSA) is 63.9 Å². The Bertz CT molecular complexity index is 1640. The van der Waals surface area contributed by atoms with Crippen LogP contribution in [-0.2, 0) is 0 Å². The van der Waals surface area contributed by atoms with Gasteiger partial charge in [0, 0.05) is 31.6 Å². The fourth-order valence-electron chi connectivity index (χ4n) is 4.77. The minimum atomic E-state index is 0.584. The summed E-state index contributed by atoms with van der Waals surface area (Å²) in [4.78, 5) is 23.2. The first-order valence-corrected chi connectivity index (χ1v) is 13.9. The van der Waals surface area contributed by atoms with Crippen molar-refractivity contribution in [2.75, 3.05) is 7.05 Å². The van der Waals surface area contributed by atoms with Crippen LogP contribution < -0.4 is 0 Å². The summed E-state index contributed by atoms with van der Waals surface area (Å²) in [5, 5.41) is 0. The van der Waals surface area contributed by atoms with Crippen molar-refractivity contribution in [2.45, 2.75) is 19.8 Å². The Morgan fingerprint density at radius 3 is 1.69 bits per heavy atom. The Labute approximate surface area is 247 Å². The number of pyridine rings is 4. The van der Waals surface area contributed by atoms with Crippen LogP contribution in [0, 0.1) is 0 Å². The van der Waals surface area contributed by atoms with E-state index < -0.39 is 0 Å². The van der Waals surface area contributed by atoms with Gasteiger partial charge in [-0.3, -0.25) is 15.0 Å². The number of aliphatic imine (C=N–C) groups is 1. The molecule has 0 aliphatic heterocycles. The highest BCUT2D eigenvalue weighted by Crippen LogP contribution is 2.29.